The monoisotopic (exact) mass is 498 g/mol. The van der Waals surface area contributed by atoms with Gasteiger partial charge in [-0.1, -0.05) is 54.8 Å². The van der Waals surface area contributed by atoms with E-state index in [1.807, 2.05) is 59.5 Å². The molecule has 5 heteroatoms. The molecule has 1 amide bonds. The minimum absolute atomic E-state index is 0.0540. The van der Waals surface area contributed by atoms with E-state index in [9.17, 15) is 9.90 Å². The number of anilines is 2. The van der Waals surface area contributed by atoms with Crippen LogP contribution < -0.4 is 9.64 Å². The molecule has 3 aromatic carbocycles. The molecule has 0 radical (unpaired) electrons. The normalized spacial score (nSPS) is 20.9. The van der Waals surface area contributed by atoms with Crippen LogP contribution in [-0.2, 0) is 0 Å². The van der Waals surface area contributed by atoms with Gasteiger partial charge in [-0.3, -0.25) is 14.6 Å². The lowest BCUT2D eigenvalue weighted by Crippen LogP contribution is -2.48. The van der Waals surface area contributed by atoms with Gasteiger partial charge in [0.25, 0.3) is 5.91 Å². The quantitative estimate of drug-likeness (QED) is 0.423. The maximum absolute atomic E-state index is 14.0. The van der Waals surface area contributed by atoms with Crippen molar-refractivity contribution < 1.29 is 14.6 Å². The minimum atomic E-state index is -0.215. The molecule has 1 N–H and O–H groups in total. The van der Waals surface area contributed by atoms with Crippen LogP contribution in [0.5, 0.6) is 5.75 Å². The lowest BCUT2D eigenvalue weighted by molar-refractivity contribution is 0.00863. The number of aliphatic hydroxyl groups excluding tert-OH is 1. The summed E-state index contributed by atoms with van der Waals surface area (Å²) in [6.45, 7) is 3.95. The molecule has 2 fully saturated rings. The molecular weight excluding hydrogens is 460 g/mol. The molecule has 1 aliphatic heterocycles. The van der Waals surface area contributed by atoms with Gasteiger partial charge in [-0.05, 0) is 88.0 Å². The average Bonchev–Trinajstić information content (AvgIpc) is 2.95. The van der Waals surface area contributed by atoms with Gasteiger partial charge in [-0.25, -0.2) is 0 Å². The van der Waals surface area contributed by atoms with Crippen LogP contribution in [0.2, 0.25) is 0 Å². The first-order valence-corrected chi connectivity index (χ1v) is 13.6. The largest absolute Gasteiger partial charge is 0.496 e. The molecule has 1 heterocycles. The number of ether oxygens (including phenoxy) is 1. The molecule has 5 rings (SSSR count). The topological polar surface area (TPSA) is 53.0 Å². The number of nitrogens with zero attached hydrogens (tertiary/aromatic N) is 2. The highest BCUT2D eigenvalue weighted by Gasteiger charge is 2.34. The lowest BCUT2D eigenvalue weighted by Gasteiger charge is -2.42. The lowest BCUT2D eigenvalue weighted by atomic mass is 9.84. The summed E-state index contributed by atoms with van der Waals surface area (Å²) in [7, 11) is 1.71. The summed E-state index contributed by atoms with van der Waals surface area (Å²) in [5.41, 5.74) is 4.63. The number of carbonyl (C=O) groups excluding carboxylic acids is 1. The first-order chi connectivity index (χ1) is 18.1. The summed E-state index contributed by atoms with van der Waals surface area (Å²) < 4.78 is 5.90. The Morgan fingerprint density at radius 3 is 2.27 bits per heavy atom. The van der Waals surface area contributed by atoms with Gasteiger partial charge in [0.2, 0.25) is 0 Å². The van der Waals surface area contributed by atoms with E-state index in [4.69, 9.17) is 4.74 Å². The van der Waals surface area contributed by atoms with Crippen molar-refractivity contribution in [2.75, 3.05) is 25.1 Å². The van der Waals surface area contributed by atoms with Gasteiger partial charge in [0.05, 0.1) is 18.9 Å². The smallest absolute Gasteiger partial charge is 0.262 e. The third-order valence-electron chi connectivity index (χ3n) is 8.12. The van der Waals surface area contributed by atoms with Gasteiger partial charge in [-0.2, -0.15) is 0 Å². The number of piperidine rings is 1. The molecule has 2 atom stereocenters. The average molecular weight is 499 g/mol. The molecule has 3 aromatic rings. The predicted molar refractivity (Wildman–Crippen MR) is 149 cm³/mol. The van der Waals surface area contributed by atoms with Crippen molar-refractivity contribution in [3.05, 3.63) is 89.5 Å². The van der Waals surface area contributed by atoms with E-state index in [0.717, 1.165) is 73.4 Å². The summed E-state index contributed by atoms with van der Waals surface area (Å²) in [5, 5.41) is 10.6. The van der Waals surface area contributed by atoms with E-state index in [1.165, 1.54) is 6.42 Å². The molecule has 0 aromatic heterocycles. The molecule has 2 aliphatic rings. The summed E-state index contributed by atoms with van der Waals surface area (Å²) in [5.74, 6) is 1.04. The highest BCUT2D eigenvalue weighted by atomic mass is 16.5. The zero-order valence-electron chi connectivity index (χ0n) is 22.0. The standard InChI is InChI=1S/C32H38N2O3/c1-23-15-17-26(18-16-23)34(32(36)25-9-4-3-5-10-25)28-12-8-14-30(37-2)31(28)24-19-21-33(22-20-24)27-11-6-7-13-29(27)35/h3-5,8-10,12,14-18,24,27,29,35H,6-7,11,13,19-22H2,1-2H3. The van der Waals surface area contributed by atoms with E-state index in [2.05, 4.69) is 30.0 Å². The van der Waals surface area contributed by atoms with Crippen LogP contribution in [0.25, 0.3) is 0 Å². The van der Waals surface area contributed by atoms with Crippen molar-refractivity contribution >= 4 is 17.3 Å². The van der Waals surface area contributed by atoms with E-state index in [1.54, 1.807) is 7.11 Å². The van der Waals surface area contributed by atoms with E-state index < -0.39 is 0 Å². The fourth-order valence-corrected chi connectivity index (χ4v) is 6.12. The Morgan fingerprint density at radius 2 is 1.59 bits per heavy atom. The van der Waals surface area contributed by atoms with E-state index >= 15 is 0 Å². The summed E-state index contributed by atoms with van der Waals surface area (Å²) in [6.07, 6.45) is 6.05. The van der Waals surface area contributed by atoms with Crippen molar-refractivity contribution in [1.29, 1.82) is 0 Å². The van der Waals surface area contributed by atoms with Gasteiger partial charge in [-0.15, -0.1) is 0 Å². The molecular formula is C32H38N2O3. The minimum Gasteiger partial charge on any atom is -0.496 e. The fourth-order valence-electron chi connectivity index (χ4n) is 6.12. The Hall–Kier alpha value is -3.15. The van der Waals surface area contributed by atoms with Crippen LogP contribution in [0.1, 0.15) is 65.9 Å². The predicted octanol–water partition coefficient (Wildman–Crippen LogP) is 6.47. The maximum Gasteiger partial charge on any atom is 0.262 e. The zero-order valence-corrected chi connectivity index (χ0v) is 22.0. The number of hydrogen-bond donors (Lipinski definition) is 1. The Kier molecular flexibility index (Phi) is 7.92. The van der Waals surface area contributed by atoms with E-state index in [-0.39, 0.29) is 24.0 Å². The third kappa shape index (κ3) is 5.43. The molecule has 1 saturated carbocycles. The van der Waals surface area contributed by atoms with Gasteiger partial charge >= 0.3 is 0 Å². The second-order valence-electron chi connectivity index (χ2n) is 10.5. The second kappa shape index (κ2) is 11.5. The van der Waals surface area contributed by atoms with Crippen LogP contribution >= 0.6 is 0 Å². The molecule has 1 aliphatic carbocycles. The van der Waals surface area contributed by atoms with Crippen LogP contribution in [0, 0.1) is 6.92 Å². The van der Waals surface area contributed by atoms with Crippen molar-refractivity contribution in [2.45, 2.75) is 63.5 Å². The highest BCUT2D eigenvalue weighted by molar-refractivity contribution is 6.11. The number of methoxy groups -OCH3 is 1. The SMILES string of the molecule is COc1cccc(N(C(=O)c2ccccc2)c2ccc(C)cc2)c1C1CCN(C2CCCCC2O)CC1. The molecule has 5 nitrogen and oxygen atoms in total. The number of carbonyl (C=O) groups is 1. The van der Waals surface area contributed by atoms with Crippen LogP contribution in [0.15, 0.2) is 72.8 Å². The Labute approximate surface area is 220 Å². The van der Waals surface area contributed by atoms with Crippen molar-refractivity contribution in [2.24, 2.45) is 0 Å². The highest BCUT2D eigenvalue weighted by Crippen LogP contribution is 2.44. The van der Waals surface area contributed by atoms with Crippen molar-refractivity contribution in [3.63, 3.8) is 0 Å². The Bertz CT molecular complexity index is 1190. The Balaban J connectivity index is 1.51. The van der Waals surface area contributed by atoms with Crippen molar-refractivity contribution in [3.8, 4) is 5.75 Å². The number of aryl methyl sites for hydroxylation is 1. The molecule has 0 bridgehead atoms. The Morgan fingerprint density at radius 1 is 0.892 bits per heavy atom. The first kappa shape index (κ1) is 25.5. The fraction of sp³-hybridized carbons (Fsp3) is 0.406. The van der Waals surface area contributed by atoms with Crippen LogP contribution in [0.4, 0.5) is 11.4 Å². The van der Waals surface area contributed by atoms with Crippen molar-refractivity contribution in [1.82, 2.24) is 4.90 Å². The molecule has 37 heavy (non-hydrogen) atoms. The number of hydrogen-bond acceptors (Lipinski definition) is 4. The number of amides is 1. The molecule has 2 unspecified atom stereocenters. The number of likely N-dealkylation sites (tertiary alicyclic amines) is 1. The summed E-state index contributed by atoms with van der Waals surface area (Å²) in [4.78, 5) is 18.3. The van der Waals surface area contributed by atoms with E-state index in [0.29, 0.717) is 5.56 Å². The number of rotatable bonds is 6. The van der Waals surface area contributed by atoms with Gasteiger partial charge < -0.3 is 9.84 Å². The second-order valence-corrected chi connectivity index (χ2v) is 10.5. The first-order valence-electron chi connectivity index (χ1n) is 13.6. The van der Waals surface area contributed by atoms with Crippen LogP contribution in [0.3, 0.4) is 0 Å². The number of benzene rings is 3. The maximum atomic E-state index is 14.0. The molecule has 194 valence electrons. The van der Waals surface area contributed by atoms with Gasteiger partial charge in [0.1, 0.15) is 5.75 Å². The summed E-state index contributed by atoms with van der Waals surface area (Å²) >= 11 is 0. The third-order valence-corrected chi connectivity index (χ3v) is 8.12. The summed E-state index contributed by atoms with van der Waals surface area (Å²) in [6, 6.07) is 23.9. The molecule has 0 spiro atoms. The van der Waals surface area contributed by atoms with Gasteiger partial charge in [0, 0.05) is 22.9 Å². The number of aliphatic hydroxyl groups is 1. The van der Waals surface area contributed by atoms with Crippen LogP contribution in [-0.4, -0.2) is 48.3 Å². The molecule has 1 saturated heterocycles. The zero-order chi connectivity index (χ0) is 25.8. The van der Waals surface area contributed by atoms with Gasteiger partial charge in [0.15, 0.2) is 0 Å².